The van der Waals surface area contributed by atoms with Crippen molar-refractivity contribution >= 4 is 5.91 Å². The molecule has 1 amide bonds. The van der Waals surface area contributed by atoms with Gasteiger partial charge < -0.3 is 9.47 Å². The molecule has 0 N–H and O–H groups in total. The Morgan fingerprint density at radius 2 is 1.74 bits per heavy atom. The van der Waals surface area contributed by atoms with Gasteiger partial charge in [0.25, 0.3) is 5.91 Å². The van der Waals surface area contributed by atoms with E-state index in [9.17, 15) is 4.79 Å². The van der Waals surface area contributed by atoms with Crippen molar-refractivity contribution in [2.24, 2.45) is 0 Å². The lowest BCUT2D eigenvalue weighted by Crippen LogP contribution is -2.22. The maximum Gasteiger partial charge on any atom is 0.255 e. The Morgan fingerprint density at radius 1 is 1.11 bits per heavy atom. The number of nitrogens with zero attached hydrogens (tertiary/aromatic N) is 2. The molecule has 3 heteroatoms. The predicted molar refractivity (Wildman–Crippen MR) is 78.0 cm³/mol. The van der Waals surface area contributed by atoms with E-state index in [0.29, 0.717) is 0 Å². The first-order valence-electron chi connectivity index (χ1n) is 6.40. The summed E-state index contributed by atoms with van der Waals surface area (Å²) in [7, 11) is 3.56. The third-order valence-corrected chi connectivity index (χ3v) is 3.42. The number of carbonyl (C=O) groups excluding carboxylic acids is 1. The molecule has 3 nitrogen and oxygen atoms in total. The fourth-order valence-electron chi connectivity index (χ4n) is 2.41. The van der Waals surface area contributed by atoms with Crippen LogP contribution in [0.3, 0.4) is 0 Å². The summed E-state index contributed by atoms with van der Waals surface area (Å²) in [5.41, 5.74) is 5.18. The van der Waals surface area contributed by atoms with Crippen LogP contribution in [0.5, 0.6) is 0 Å². The zero-order valence-electron chi connectivity index (χ0n) is 12.2. The van der Waals surface area contributed by atoms with Gasteiger partial charge in [-0.1, -0.05) is 18.2 Å². The Hall–Kier alpha value is -2.03. The molecule has 0 aliphatic carbocycles. The number of rotatable bonds is 2. The van der Waals surface area contributed by atoms with Crippen LogP contribution in [-0.2, 0) is 0 Å². The van der Waals surface area contributed by atoms with Crippen LogP contribution in [0.15, 0.2) is 30.3 Å². The second-order valence-electron chi connectivity index (χ2n) is 5.11. The molecule has 1 heterocycles. The molecule has 0 spiro atoms. The number of hydrogen-bond donors (Lipinski definition) is 0. The third kappa shape index (κ3) is 2.28. The van der Waals surface area contributed by atoms with Crippen LogP contribution in [0.1, 0.15) is 27.3 Å². The summed E-state index contributed by atoms with van der Waals surface area (Å²) < 4.78 is 2.14. The van der Waals surface area contributed by atoms with Gasteiger partial charge in [0.15, 0.2) is 0 Å². The Balaban J connectivity index is 2.61. The van der Waals surface area contributed by atoms with Gasteiger partial charge in [-0.05, 0) is 38.5 Å². The molecule has 0 unspecified atom stereocenters. The molecule has 0 saturated heterocycles. The molecule has 2 aromatic rings. The Labute approximate surface area is 114 Å². The highest BCUT2D eigenvalue weighted by Crippen LogP contribution is 2.23. The number of aromatic nitrogens is 1. The van der Waals surface area contributed by atoms with Crippen LogP contribution in [0.2, 0.25) is 0 Å². The molecule has 0 aliphatic heterocycles. The standard InChI is InChI=1S/C16H20N2O/c1-11-8-6-7-9-15(11)18-12(2)10-14(13(18)3)16(19)17(4)5/h6-10H,1-5H3. The lowest BCUT2D eigenvalue weighted by molar-refractivity contribution is 0.0827. The molecule has 0 bridgehead atoms. The van der Waals surface area contributed by atoms with Gasteiger partial charge in [-0.25, -0.2) is 0 Å². The molecule has 0 fully saturated rings. The number of carbonyl (C=O) groups is 1. The van der Waals surface area contributed by atoms with E-state index in [1.165, 1.54) is 5.56 Å². The van der Waals surface area contributed by atoms with Crippen molar-refractivity contribution in [2.45, 2.75) is 20.8 Å². The minimum atomic E-state index is 0.0490. The Bertz CT molecular complexity index is 624. The van der Waals surface area contributed by atoms with Crippen LogP contribution in [0.25, 0.3) is 5.69 Å². The largest absolute Gasteiger partial charge is 0.345 e. The van der Waals surface area contributed by atoms with Crippen molar-refractivity contribution in [3.63, 3.8) is 0 Å². The van der Waals surface area contributed by atoms with Gasteiger partial charge in [-0.2, -0.15) is 0 Å². The maximum atomic E-state index is 12.2. The molecule has 2 rings (SSSR count). The van der Waals surface area contributed by atoms with Crippen LogP contribution in [0.4, 0.5) is 0 Å². The van der Waals surface area contributed by atoms with Gasteiger partial charge >= 0.3 is 0 Å². The van der Waals surface area contributed by atoms with E-state index in [1.807, 2.05) is 32.0 Å². The van der Waals surface area contributed by atoms with E-state index in [4.69, 9.17) is 0 Å². The molecule has 0 aliphatic rings. The van der Waals surface area contributed by atoms with Crippen molar-refractivity contribution in [3.05, 3.63) is 52.8 Å². The fraction of sp³-hybridized carbons (Fsp3) is 0.312. The minimum Gasteiger partial charge on any atom is -0.345 e. The van der Waals surface area contributed by atoms with Crippen LogP contribution in [-0.4, -0.2) is 29.5 Å². The minimum absolute atomic E-state index is 0.0490. The van der Waals surface area contributed by atoms with E-state index in [0.717, 1.165) is 22.6 Å². The first-order valence-corrected chi connectivity index (χ1v) is 6.40. The Morgan fingerprint density at radius 3 is 2.32 bits per heavy atom. The summed E-state index contributed by atoms with van der Waals surface area (Å²) in [5, 5.41) is 0. The van der Waals surface area contributed by atoms with Gasteiger partial charge in [0.1, 0.15) is 0 Å². The summed E-state index contributed by atoms with van der Waals surface area (Å²) in [6.45, 7) is 6.11. The number of hydrogen-bond acceptors (Lipinski definition) is 1. The highest BCUT2D eigenvalue weighted by Gasteiger charge is 2.18. The smallest absolute Gasteiger partial charge is 0.255 e. The zero-order chi connectivity index (χ0) is 14.2. The molecule has 0 atom stereocenters. The summed E-state index contributed by atoms with van der Waals surface area (Å²) in [6, 6.07) is 10.2. The van der Waals surface area contributed by atoms with Crippen LogP contribution >= 0.6 is 0 Å². The molecular formula is C16H20N2O. The SMILES string of the molecule is Cc1ccccc1-n1c(C)cc(C(=O)N(C)C)c1C. The molecule has 1 aromatic carbocycles. The third-order valence-electron chi connectivity index (χ3n) is 3.42. The number of para-hydroxylation sites is 1. The van der Waals surface area contributed by atoms with Crippen LogP contribution < -0.4 is 0 Å². The average Bonchev–Trinajstić information content (AvgIpc) is 2.65. The molecule has 19 heavy (non-hydrogen) atoms. The normalized spacial score (nSPS) is 10.6. The van der Waals surface area contributed by atoms with Crippen LogP contribution in [0, 0.1) is 20.8 Å². The quantitative estimate of drug-likeness (QED) is 0.810. The topological polar surface area (TPSA) is 25.2 Å². The van der Waals surface area contributed by atoms with E-state index in [2.05, 4.69) is 23.6 Å². The molecule has 100 valence electrons. The predicted octanol–water partition coefficient (Wildman–Crippen LogP) is 3.10. The summed E-state index contributed by atoms with van der Waals surface area (Å²) in [6.07, 6.45) is 0. The summed E-state index contributed by atoms with van der Waals surface area (Å²) in [4.78, 5) is 13.8. The number of aryl methyl sites for hydroxylation is 2. The highest BCUT2D eigenvalue weighted by molar-refractivity contribution is 5.95. The molecular weight excluding hydrogens is 236 g/mol. The zero-order valence-corrected chi connectivity index (χ0v) is 12.2. The highest BCUT2D eigenvalue weighted by atomic mass is 16.2. The van der Waals surface area contributed by atoms with Crippen molar-refractivity contribution in [3.8, 4) is 5.69 Å². The fourth-order valence-corrected chi connectivity index (χ4v) is 2.41. The lowest BCUT2D eigenvalue weighted by Gasteiger charge is -2.14. The summed E-state index contributed by atoms with van der Waals surface area (Å²) >= 11 is 0. The van der Waals surface area contributed by atoms with E-state index in [-0.39, 0.29) is 5.91 Å². The second kappa shape index (κ2) is 4.92. The summed E-state index contributed by atoms with van der Waals surface area (Å²) in [5.74, 6) is 0.0490. The van der Waals surface area contributed by atoms with Gasteiger partial charge in [0.05, 0.1) is 5.56 Å². The van der Waals surface area contributed by atoms with E-state index in [1.54, 1.807) is 19.0 Å². The average molecular weight is 256 g/mol. The van der Waals surface area contributed by atoms with E-state index >= 15 is 0 Å². The maximum absolute atomic E-state index is 12.2. The number of amides is 1. The van der Waals surface area contributed by atoms with Gasteiger partial charge in [-0.15, -0.1) is 0 Å². The van der Waals surface area contributed by atoms with Crippen molar-refractivity contribution in [2.75, 3.05) is 14.1 Å². The van der Waals surface area contributed by atoms with Gasteiger partial charge in [0.2, 0.25) is 0 Å². The van der Waals surface area contributed by atoms with Crippen molar-refractivity contribution in [1.29, 1.82) is 0 Å². The Kier molecular flexibility index (Phi) is 3.47. The second-order valence-corrected chi connectivity index (χ2v) is 5.11. The monoisotopic (exact) mass is 256 g/mol. The first kappa shape index (κ1) is 13.4. The first-order chi connectivity index (χ1) is 8.93. The molecule has 0 radical (unpaired) electrons. The van der Waals surface area contributed by atoms with Gasteiger partial charge in [0, 0.05) is 31.2 Å². The van der Waals surface area contributed by atoms with Gasteiger partial charge in [-0.3, -0.25) is 4.79 Å². The molecule has 1 aromatic heterocycles. The molecule has 0 saturated carbocycles. The number of benzene rings is 1. The lowest BCUT2D eigenvalue weighted by atomic mass is 10.2. The van der Waals surface area contributed by atoms with Crippen molar-refractivity contribution in [1.82, 2.24) is 9.47 Å². The van der Waals surface area contributed by atoms with Crippen molar-refractivity contribution < 1.29 is 4.79 Å². The van der Waals surface area contributed by atoms with E-state index < -0.39 is 0 Å².